The van der Waals surface area contributed by atoms with Crippen LogP contribution in [0.1, 0.15) is 78.6 Å². The third-order valence-corrected chi connectivity index (χ3v) is 5.69. The van der Waals surface area contributed by atoms with Crippen LogP contribution in [0.15, 0.2) is 0 Å². The molecule has 132 valence electrons. The first-order valence-electron chi connectivity index (χ1n) is 9.59. The fourth-order valence-electron chi connectivity index (χ4n) is 4.23. The third kappa shape index (κ3) is 4.07. The van der Waals surface area contributed by atoms with E-state index in [9.17, 15) is 9.59 Å². The van der Waals surface area contributed by atoms with Gasteiger partial charge in [0, 0.05) is 25.6 Å². The highest BCUT2D eigenvalue weighted by molar-refractivity contribution is 5.88. The summed E-state index contributed by atoms with van der Waals surface area (Å²) >= 11 is 0. The normalized spacial score (nSPS) is 27.9. The van der Waals surface area contributed by atoms with Gasteiger partial charge in [0.1, 0.15) is 0 Å². The van der Waals surface area contributed by atoms with E-state index in [0.717, 1.165) is 64.5 Å². The third-order valence-electron chi connectivity index (χ3n) is 5.69. The molecule has 2 aliphatic rings. The van der Waals surface area contributed by atoms with Crippen LogP contribution in [-0.2, 0) is 9.59 Å². The van der Waals surface area contributed by atoms with Crippen molar-refractivity contribution in [1.29, 1.82) is 0 Å². The highest BCUT2D eigenvalue weighted by Crippen LogP contribution is 2.46. The van der Waals surface area contributed by atoms with E-state index >= 15 is 0 Å². The van der Waals surface area contributed by atoms with Crippen LogP contribution in [0.25, 0.3) is 0 Å². The van der Waals surface area contributed by atoms with Crippen LogP contribution >= 0.6 is 0 Å². The van der Waals surface area contributed by atoms with Gasteiger partial charge in [0.15, 0.2) is 0 Å². The van der Waals surface area contributed by atoms with Gasteiger partial charge in [-0.05, 0) is 38.0 Å². The number of carbonyl (C=O) groups is 2. The van der Waals surface area contributed by atoms with Crippen LogP contribution in [0, 0.1) is 11.3 Å². The molecule has 1 aliphatic carbocycles. The molecule has 1 saturated carbocycles. The molecule has 1 N–H and O–H groups in total. The molecular weight excluding hydrogens is 288 g/mol. The first-order valence-corrected chi connectivity index (χ1v) is 9.59. The molecule has 0 spiro atoms. The van der Waals surface area contributed by atoms with E-state index < -0.39 is 0 Å². The van der Waals surface area contributed by atoms with Crippen LogP contribution in [0.3, 0.4) is 0 Å². The van der Waals surface area contributed by atoms with Crippen LogP contribution < -0.4 is 5.32 Å². The van der Waals surface area contributed by atoms with Gasteiger partial charge in [-0.15, -0.1) is 0 Å². The Hall–Kier alpha value is -1.06. The molecule has 2 fully saturated rings. The van der Waals surface area contributed by atoms with Crippen LogP contribution in [-0.4, -0.2) is 35.8 Å². The first kappa shape index (κ1) is 18.3. The minimum atomic E-state index is -0.323. The molecule has 4 heteroatoms. The summed E-state index contributed by atoms with van der Waals surface area (Å²) in [4.78, 5) is 27.5. The van der Waals surface area contributed by atoms with E-state index in [0.29, 0.717) is 12.3 Å². The zero-order valence-corrected chi connectivity index (χ0v) is 15.2. The number of nitrogens with one attached hydrogen (secondary N) is 1. The predicted octanol–water partition coefficient (Wildman–Crippen LogP) is 3.50. The van der Waals surface area contributed by atoms with Gasteiger partial charge < -0.3 is 10.2 Å². The van der Waals surface area contributed by atoms with Crippen molar-refractivity contribution in [3.63, 3.8) is 0 Å². The number of amides is 2. The summed E-state index contributed by atoms with van der Waals surface area (Å²) in [6.07, 6.45) is 8.62. The Kier molecular flexibility index (Phi) is 6.49. The number of piperidine rings is 1. The second-order valence-electron chi connectivity index (χ2n) is 7.80. The maximum atomic E-state index is 13.0. The summed E-state index contributed by atoms with van der Waals surface area (Å²) in [7, 11) is 0. The smallest absolute Gasteiger partial charge is 0.228 e. The molecule has 1 heterocycles. The molecule has 1 saturated heterocycles. The molecule has 0 aromatic heterocycles. The molecule has 2 amide bonds. The van der Waals surface area contributed by atoms with Gasteiger partial charge in [-0.3, -0.25) is 9.59 Å². The number of likely N-dealkylation sites (tertiary alicyclic amines) is 1. The summed E-state index contributed by atoms with van der Waals surface area (Å²) in [5.41, 5.74) is -0.323. The highest BCUT2D eigenvalue weighted by Gasteiger charge is 2.52. The van der Waals surface area contributed by atoms with Crippen LogP contribution in [0.5, 0.6) is 0 Å². The van der Waals surface area contributed by atoms with E-state index in [-0.39, 0.29) is 23.3 Å². The number of unbranched alkanes of at least 4 members (excludes halogenated alkanes) is 1. The monoisotopic (exact) mass is 322 g/mol. The van der Waals surface area contributed by atoms with Crippen molar-refractivity contribution < 1.29 is 9.59 Å². The van der Waals surface area contributed by atoms with Gasteiger partial charge in [-0.25, -0.2) is 0 Å². The highest BCUT2D eigenvalue weighted by atomic mass is 16.2. The SMILES string of the molecule is CCCCNC(=O)[C@@]12CCCC[C@H]1N(CCC(C)C)C(=O)CC2. The van der Waals surface area contributed by atoms with Crippen LogP contribution in [0.4, 0.5) is 0 Å². The largest absolute Gasteiger partial charge is 0.356 e. The van der Waals surface area contributed by atoms with E-state index in [1.165, 1.54) is 0 Å². The molecule has 4 nitrogen and oxygen atoms in total. The molecule has 1 aliphatic heterocycles. The van der Waals surface area contributed by atoms with Crippen molar-refractivity contribution >= 4 is 11.8 Å². The summed E-state index contributed by atoms with van der Waals surface area (Å²) in [6.45, 7) is 8.11. The molecule has 0 aromatic carbocycles. The van der Waals surface area contributed by atoms with Gasteiger partial charge in [0.25, 0.3) is 0 Å². The molecule has 0 aromatic rings. The molecule has 2 rings (SSSR count). The van der Waals surface area contributed by atoms with Crippen molar-refractivity contribution in [3.8, 4) is 0 Å². The Morgan fingerprint density at radius 3 is 2.83 bits per heavy atom. The lowest BCUT2D eigenvalue weighted by molar-refractivity contribution is -0.155. The van der Waals surface area contributed by atoms with Crippen molar-refractivity contribution in [2.45, 2.75) is 84.6 Å². The standard InChI is InChI=1S/C19H34N2O2/c1-4-5-13-20-18(23)19-11-7-6-8-16(19)21(14-10-15(2)3)17(22)9-12-19/h15-16H,4-14H2,1-3H3,(H,20,23)/t16-,19-/m1/s1. The first-order chi connectivity index (χ1) is 11.0. The van der Waals surface area contributed by atoms with Crippen molar-refractivity contribution in [2.24, 2.45) is 11.3 Å². The number of hydrogen-bond donors (Lipinski definition) is 1. The second kappa shape index (κ2) is 8.16. The molecular formula is C19H34N2O2. The Labute approximate surface area is 141 Å². The molecule has 2 atom stereocenters. The lowest BCUT2D eigenvalue weighted by atomic mass is 9.64. The minimum Gasteiger partial charge on any atom is -0.356 e. The Morgan fingerprint density at radius 1 is 1.35 bits per heavy atom. The zero-order chi connectivity index (χ0) is 16.9. The Balaban J connectivity index is 2.14. The number of hydrogen-bond acceptors (Lipinski definition) is 2. The van der Waals surface area contributed by atoms with Crippen molar-refractivity contribution in [1.82, 2.24) is 10.2 Å². The maximum Gasteiger partial charge on any atom is 0.228 e. The van der Waals surface area contributed by atoms with Gasteiger partial charge in [0.05, 0.1) is 5.41 Å². The lowest BCUT2D eigenvalue weighted by Crippen LogP contribution is -2.62. The average molecular weight is 322 g/mol. The number of rotatable bonds is 7. The lowest BCUT2D eigenvalue weighted by Gasteiger charge is -2.51. The number of fused-ring (bicyclic) bond motifs is 1. The quantitative estimate of drug-likeness (QED) is 0.729. The minimum absolute atomic E-state index is 0.123. The van der Waals surface area contributed by atoms with Gasteiger partial charge in [0.2, 0.25) is 11.8 Å². The van der Waals surface area contributed by atoms with E-state index in [1.807, 2.05) is 0 Å². The summed E-state index contributed by atoms with van der Waals surface area (Å²) in [6, 6.07) is 0.123. The molecule has 0 radical (unpaired) electrons. The van der Waals surface area contributed by atoms with E-state index in [4.69, 9.17) is 0 Å². The summed E-state index contributed by atoms with van der Waals surface area (Å²) in [5.74, 6) is 1.05. The summed E-state index contributed by atoms with van der Waals surface area (Å²) < 4.78 is 0. The fraction of sp³-hybridized carbons (Fsp3) is 0.895. The van der Waals surface area contributed by atoms with Gasteiger partial charge in [-0.2, -0.15) is 0 Å². The zero-order valence-electron chi connectivity index (χ0n) is 15.2. The predicted molar refractivity (Wildman–Crippen MR) is 93.0 cm³/mol. The Bertz CT molecular complexity index is 422. The van der Waals surface area contributed by atoms with E-state index in [2.05, 4.69) is 31.0 Å². The topological polar surface area (TPSA) is 49.4 Å². The number of nitrogens with zero attached hydrogens (tertiary/aromatic N) is 1. The maximum absolute atomic E-state index is 13.0. The number of carbonyl (C=O) groups excluding carboxylic acids is 2. The van der Waals surface area contributed by atoms with Crippen molar-refractivity contribution in [3.05, 3.63) is 0 Å². The van der Waals surface area contributed by atoms with Crippen LogP contribution in [0.2, 0.25) is 0 Å². The summed E-state index contributed by atoms with van der Waals surface area (Å²) in [5, 5.41) is 3.17. The van der Waals surface area contributed by atoms with E-state index in [1.54, 1.807) is 0 Å². The van der Waals surface area contributed by atoms with Gasteiger partial charge >= 0.3 is 0 Å². The second-order valence-corrected chi connectivity index (χ2v) is 7.80. The molecule has 0 bridgehead atoms. The Morgan fingerprint density at radius 2 is 2.13 bits per heavy atom. The van der Waals surface area contributed by atoms with Gasteiger partial charge in [-0.1, -0.05) is 40.0 Å². The van der Waals surface area contributed by atoms with Crippen molar-refractivity contribution in [2.75, 3.05) is 13.1 Å². The molecule has 23 heavy (non-hydrogen) atoms. The fourth-order valence-corrected chi connectivity index (χ4v) is 4.23. The average Bonchev–Trinajstić information content (AvgIpc) is 2.54. The molecule has 0 unspecified atom stereocenters.